The molecule has 5 nitrogen and oxygen atoms in total. The molecule has 1 aromatic rings. The van der Waals surface area contributed by atoms with Crippen LogP contribution < -0.4 is 9.47 Å². The lowest BCUT2D eigenvalue weighted by Crippen LogP contribution is -2.27. The maximum atomic E-state index is 11.7. The Kier molecular flexibility index (Phi) is 8.50. The van der Waals surface area contributed by atoms with Gasteiger partial charge in [0.05, 0.1) is 6.61 Å². The Bertz CT molecular complexity index is 883. The highest BCUT2D eigenvalue weighted by Crippen LogP contribution is 2.52. The molecule has 0 fully saturated rings. The smallest absolute Gasteiger partial charge is 0.462 e. The molecule has 2 aliphatic rings. The molecule has 1 heterocycles. The SMILES string of the molecule is C=C1Oc2cc(C(C)(C)CCCCCC)cc(OCOC(=O)OCC)c2[C@@H]2C=C(C)CC[C@@H]12. The number of unbranched alkanes of at least 4 members (excludes halogenated alkanes) is 3. The van der Waals surface area contributed by atoms with E-state index in [4.69, 9.17) is 18.9 Å². The predicted octanol–water partition coefficient (Wildman–Crippen LogP) is 7.79. The summed E-state index contributed by atoms with van der Waals surface area (Å²) in [6.45, 7) is 15.0. The van der Waals surface area contributed by atoms with Crippen LogP contribution in [0.1, 0.15) is 96.6 Å². The minimum Gasteiger partial charge on any atom is -0.462 e. The van der Waals surface area contributed by atoms with E-state index in [9.17, 15) is 4.79 Å². The number of carbonyl (C=O) groups is 1. The van der Waals surface area contributed by atoms with Crippen molar-refractivity contribution < 1.29 is 23.7 Å². The van der Waals surface area contributed by atoms with Gasteiger partial charge in [0.2, 0.25) is 6.79 Å². The Morgan fingerprint density at radius 1 is 1.18 bits per heavy atom. The average molecular weight is 457 g/mol. The van der Waals surface area contributed by atoms with Crippen molar-refractivity contribution in [3.8, 4) is 11.5 Å². The number of allylic oxidation sites excluding steroid dienone is 3. The number of ether oxygens (including phenoxy) is 4. The van der Waals surface area contributed by atoms with E-state index in [2.05, 4.69) is 52.5 Å². The zero-order valence-corrected chi connectivity index (χ0v) is 21.0. The largest absolute Gasteiger partial charge is 0.511 e. The summed E-state index contributed by atoms with van der Waals surface area (Å²) in [5, 5.41) is 0. The second-order valence-corrected chi connectivity index (χ2v) is 9.92. The van der Waals surface area contributed by atoms with Gasteiger partial charge in [-0.1, -0.05) is 64.7 Å². The molecule has 0 spiro atoms. The van der Waals surface area contributed by atoms with Gasteiger partial charge in [0.15, 0.2) is 0 Å². The minimum absolute atomic E-state index is 0.0389. The first-order chi connectivity index (χ1) is 15.8. The van der Waals surface area contributed by atoms with E-state index in [0.717, 1.165) is 41.9 Å². The molecule has 0 unspecified atom stereocenters. The lowest BCUT2D eigenvalue weighted by atomic mass is 9.73. The van der Waals surface area contributed by atoms with Crippen LogP contribution in [-0.4, -0.2) is 19.6 Å². The van der Waals surface area contributed by atoms with Gasteiger partial charge in [-0.25, -0.2) is 4.79 Å². The van der Waals surface area contributed by atoms with Crippen LogP contribution in [0.3, 0.4) is 0 Å². The molecule has 182 valence electrons. The van der Waals surface area contributed by atoms with E-state index in [1.807, 2.05) is 0 Å². The van der Waals surface area contributed by atoms with Crippen LogP contribution in [0.4, 0.5) is 4.79 Å². The summed E-state index contributed by atoms with van der Waals surface area (Å²) in [7, 11) is 0. The first-order valence-corrected chi connectivity index (χ1v) is 12.4. The third kappa shape index (κ3) is 6.13. The molecule has 5 heteroatoms. The molecule has 0 saturated carbocycles. The van der Waals surface area contributed by atoms with Crippen LogP contribution in [0.15, 0.2) is 36.1 Å². The second-order valence-electron chi connectivity index (χ2n) is 9.92. The van der Waals surface area contributed by atoms with Crippen molar-refractivity contribution in [2.45, 2.75) is 90.9 Å². The highest BCUT2D eigenvalue weighted by Gasteiger charge is 2.38. The van der Waals surface area contributed by atoms with Crippen LogP contribution >= 0.6 is 0 Å². The highest BCUT2D eigenvalue weighted by atomic mass is 16.8. The van der Waals surface area contributed by atoms with Gasteiger partial charge in [0.1, 0.15) is 17.3 Å². The van der Waals surface area contributed by atoms with Crippen molar-refractivity contribution in [2.75, 3.05) is 13.4 Å². The Hall–Kier alpha value is -2.43. The molecule has 0 amide bonds. The Morgan fingerprint density at radius 3 is 2.70 bits per heavy atom. The maximum Gasteiger partial charge on any atom is 0.511 e. The quantitative estimate of drug-likeness (QED) is 0.156. The predicted molar refractivity (Wildman–Crippen MR) is 131 cm³/mol. The number of hydrogen-bond donors (Lipinski definition) is 0. The summed E-state index contributed by atoms with van der Waals surface area (Å²) >= 11 is 0. The summed E-state index contributed by atoms with van der Waals surface area (Å²) in [6.07, 6.45) is 9.63. The van der Waals surface area contributed by atoms with E-state index in [0.29, 0.717) is 5.75 Å². The normalized spacial score (nSPS) is 19.7. The molecule has 1 aromatic carbocycles. The van der Waals surface area contributed by atoms with Gasteiger partial charge in [0.25, 0.3) is 0 Å². The zero-order chi connectivity index (χ0) is 24.0. The number of carbonyl (C=O) groups excluding carboxylic acids is 1. The Morgan fingerprint density at radius 2 is 1.97 bits per heavy atom. The van der Waals surface area contributed by atoms with E-state index in [1.54, 1.807) is 6.92 Å². The molecule has 33 heavy (non-hydrogen) atoms. The van der Waals surface area contributed by atoms with Gasteiger partial charge in [-0.15, -0.1) is 0 Å². The molecule has 0 N–H and O–H groups in total. The highest BCUT2D eigenvalue weighted by molar-refractivity contribution is 5.60. The standard InChI is InChI=1S/C28H40O5/c1-7-9-10-11-14-28(5,6)21-16-24(31-18-32-27(29)30-8-2)26-23-15-19(3)12-13-22(23)20(4)33-25(26)17-21/h15-17,22-23H,4,7-14,18H2,1-3,5-6H3/t22-,23+/m0/s1. The van der Waals surface area contributed by atoms with Gasteiger partial charge in [0, 0.05) is 17.4 Å². The van der Waals surface area contributed by atoms with Gasteiger partial charge in [-0.3, -0.25) is 0 Å². The summed E-state index contributed by atoms with van der Waals surface area (Å²) in [6, 6.07) is 4.27. The maximum absolute atomic E-state index is 11.7. The van der Waals surface area contributed by atoms with Gasteiger partial charge >= 0.3 is 6.16 Å². The van der Waals surface area contributed by atoms with Crippen LogP contribution in [0.25, 0.3) is 0 Å². The molecule has 1 aliphatic heterocycles. The molecule has 0 bridgehead atoms. The number of fused-ring (bicyclic) bond motifs is 3. The van der Waals surface area contributed by atoms with E-state index in [1.165, 1.54) is 31.3 Å². The molecule has 0 aromatic heterocycles. The van der Waals surface area contributed by atoms with Crippen molar-refractivity contribution in [2.24, 2.45) is 5.92 Å². The summed E-state index contributed by atoms with van der Waals surface area (Å²) in [5.74, 6) is 2.71. The third-order valence-electron chi connectivity index (χ3n) is 6.93. The van der Waals surface area contributed by atoms with E-state index < -0.39 is 6.16 Å². The number of hydrogen-bond acceptors (Lipinski definition) is 5. The topological polar surface area (TPSA) is 54.0 Å². The van der Waals surface area contributed by atoms with Crippen molar-refractivity contribution in [3.63, 3.8) is 0 Å². The van der Waals surface area contributed by atoms with Crippen LogP contribution in [0, 0.1) is 5.92 Å². The zero-order valence-electron chi connectivity index (χ0n) is 21.0. The molecule has 3 rings (SSSR count). The molecule has 2 atom stereocenters. The van der Waals surface area contributed by atoms with Crippen molar-refractivity contribution in [1.29, 1.82) is 0 Å². The number of benzene rings is 1. The lowest BCUT2D eigenvalue weighted by molar-refractivity contribution is 0.00615. The van der Waals surface area contributed by atoms with Crippen molar-refractivity contribution >= 4 is 6.16 Å². The summed E-state index contributed by atoms with van der Waals surface area (Å²) in [4.78, 5) is 11.7. The molecule has 0 radical (unpaired) electrons. The third-order valence-corrected chi connectivity index (χ3v) is 6.93. The van der Waals surface area contributed by atoms with Gasteiger partial charge < -0.3 is 18.9 Å². The molecular formula is C28H40O5. The van der Waals surface area contributed by atoms with Gasteiger partial charge in [-0.2, -0.15) is 0 Å². The van der Waals surface area contributed by atoms with E-state index >= 15 is 0 Å². The van der Waals surface area contributed by atoms with Crippen LogP contribution in [-0.2, 0) is 14.9 Å². The Labute approximate surface area is 199 Å². The monoisotopic (exact) mass is 456 g/mol. The molecular weight excluding hydrogens is 416 g/mol. The fourth-order valence-electron chi connectivity index (χ4n) is 4.89. The van der Waals surface area contributed by atoms with Gasteiger partial charge in [-0.05, 0) is 56.2 Å². The minimum atomic E-state index is -0.727. The molecule has 0 saturated heterocycles. The number of rotatable bonds is 10. The van der Waals surface area contributed by atoms with Crippen molar-refractivity contribution in [1.82, 2.24) is 0 Å². The Balaban J connectivity index is 1.94. The second kappa shape index (κ2) is 11.1. The lowest BCUT2D eigenvalue weighted by Gasteiger charge is -2.38. The van der Waals surface area contributed by atoms with Crippen LogP contribution in [0.5, 0.6) is 11.5 Å². The average Bonchev–Trinajstić information content (AvgIpc) is 2.76. The van der Waals surface area contributed by atoms with E-state index in [-0.39, 0.29) is 30.7 Å². The fraction of sp³-hybridized carbons (Fsp3) is 0.607. The first kappa shape index (κ1) is 25.2. The summed E-state index contributed by atoms with van der Waals surface area (Å²) < 4.78 is 22.3. The van der Waals surface area contributed by atoms with Crippen molar-refractivity contribution in [3.05, 3.63) is 47.2 Å². The molecule has 1 aliphatic carbocycles. The van der Waals surface area contributed by atoms with Crippen LogP contribution in [0.2, 0.25) is 0 Å². The first-order valence-electron chi connectivity index (χ1n) is 12.4. The fourth-order valence-corrected chi connectivity index (χ4v) is 4.89. The summed E-state index contributed by atoms with van der Waals surface area (Å²) in [5.41, 5.74) is 3.50.